The maximum Gasteiger partial charge on any atom is 0.226 e. The number of aromatic nitrogens is 2. The second-order valence-electron chi connectivity index (χ2n) is 5.59. The Hall–Kier alpha value is -3.02. The minimum atomic E-state index is -0.115. The van der Waals surface area contributed by atoms with Gasteiger partial charge in [-0.1, -0.05) is 12.1 Å². The molecule has 0 aliphatic carbocycles. The maximum absolute atomic E-state index is 12.1. The van der Waals surface area contributed by atoms with Crippen LogP contribution in [0.4, 0.5) is 5.82 Å². The van der Waals surface area contributed by atoms with Gasteiger partial charge in [0.2, 0.25) is 5.91 Å². The van der Waals surface area contributed by atoms with Crippen molar-refractivity contribution in [3.63, 3.8) is 0 Å². The molecule has 2 aromatic heterocycles. The number of furan rings is 1. The molecule has 4 rings (SSSR count). The van der Waals surface area contributed by atoms with Crippen LogP contribution in [0, 0.1) is 0 Å². The van der Waals surface area contributed by atoms with Crippen molar-refractivity contribution in [2.45, 2.75) is 18.9 Å². The van der Waals surface area contributed by atoms with Crippen molar-refractivity contribution < 1.29 is 14.3 Å². The Morgan fingerprint density at radius 3 is 3.04 bits per heavy atom. The van der Waals surface area contributed by atoms with Gasteiger partial charge in [-0.25, -0.2) is 4.68 Å². The van der Waals surface area contributed by atoms with Gasteiger partial charge in [0.05, 0.1) is 12.5 Å². The van der Waals surface area contributed by atoms with E-state index < -0.39 is 0 Å². The third-order valence-corrected chi connectivity index (χ3v) is 4.05. The van der Waals surface area contributed by atoms with E-state index in [9.17, 15) is 9.90 Å². The molecule has 3 heterocycles. The molecule has 6 heteroatoms. The van der Waals surface area contributed by atoms with Gasteiger partial charge in [0.1, 0.15) is 23.9 Å². The molecule has 1 aliphatic rings. The lowest BCUT2D eigenvalue weighted by Crippen LogP contribution is -2.25. The van der Waals surface area contributed by atoms with Crippen LogP contribution in [0.1, 0.15) is 29.2 Å². The number of aromatic hydroxyl groups is 1. The Balaban J connectivity index is 1.73. The highest BCUT2D eigenvalue weighted by atomic mass is 16.3. The minimum absolute atomic E-state index is 0.0629. The number of phenols is 1. The van der Waals surface area contributed by atoms with E-state index in [0.717, 1.165) is 16.9 Å². The molecule has 0 bridgehead atoms. The monoisotopic (exact) mass is 309 g/mol. The summed E-state index contributed by atoms with van der Waals surface area (Å²) in [5, 5.41) is 17.0. The molecule has 3 aromatic rings. The molecule has 0 saturated carbocycles. The van der Waals surface area contributed by atoms with Crippen LogP contribution < -0.4 is 5.32 Å². The summed E-state index contributed by atoms with van der Waals surface area (Å²) in [5.41, 5.74) is 1.85. The molecule has 1 aromatic carbocycles. The van der Waals surface area contributed by atoms with E-state index in [1.807, 2.05) is 18.2 Å². The Kier molecular flexibility index (Phi) is 3.15. The Morgan fingerprint density at radius 1 is 1.35 bits per heavy atom. The largest absolute Gasteiger partial charge is 0.508 e. The summed E-state index contributed by atoms with van der Waals surface area (Å²) in [6, 6.07) is 10.7. The molecule has 0 spiro atoms. The fourth-order valence-electron chi connectivity index (χ4n) is 2.98. The fourth-order valence-corrected chi connectivity index (χ4v) is 2.98. The van der Waals surface area contributed by atoms with Crippen molar-refractivity contribution >= 4 is 11.7 Å². The second-order valence-corrected chi connectivity index (χ2v) is 5.59. The number of hydrogen-bond acceptors (Lipinski definition) is 4. The third kappa shape index (κ3) is 2.48. The van der Waals surface area contributed by atoms with Crippen LogP contribution in [0.2, 0.25) is 0 Å². The fraction of sp³-hybridized carbons (Fsp3) is 0.176. The van der Waals surface area contributed by atoms with Crippen LogP contribution in [0.25, 0.3) is 0 Å². The topological polar surface area (TPSA) is 80.3 Å². The molecule has 1 amide bonds. The van der Waals surface area contributed by atoms with Crippen molar-refractivity contribution in [1.29, 1.82) is 0 Å². The van der Waals surface area contributed by atoms with E-state index in [4.69, 9.17) is 4.42 Å². The number of hydrogen-bond donors (Lipinski definition) is 2. The number of phenolic OH excluding ortho intramolecular Hbond substituents is 1. The zero-order chi connectivity index (χ0) is 15.8. The van der Waals surface area contributed by atoms with Crippen LogP contribution in [-0.2, 0) is 11.3 Å². The first-order chi connectivity index (χ1) is 11.2. The molecular formula is C17H15N3O3. The number of amides is 1. The first-order valence-corrected chi connectivity index (χ1v) is 7.37. The molecule has 6 nitrogen and oxygen atoms in total. The average Bonchev–Trinajstić information content (AvgIpc) is 3.18. The van der Waals surface area contributed by atoms with Crippen LogP contribution in [0.15, 0.2) is 53.3 Å². The van der Waals surface area contributed by atoms with Crippen LogP contribution in [0.3, 0.4) is 0 Å². The zero-order valence-corrected chi connectivity index (χ0v) is 12.3. The molecule has 1 atom stereocenters. The van der Waals surface area contributed by atoms with Crippen molar-refractivity contribution in [2.75, 3.05) is 5.32 Å². The lowest BCUT2D eigenvalue weighted by Gasteiger charge is -2.23. The number of carbonyl (C=O) groups excluding carboxylic acids is 1. The van der Waals surface area contributed by atoms with Gasteiger partial charge in [-0.15, -0.1) is 0 Å². The van der Waals surface area contributed by atoms with E-state index >= 15 is 0 Å². The molecular weight excluding hydrogens is 294 g/mol. The quantitative estimate of drug-likeness (QED) is 0.779. The molecule has 23 heavy (non-hydrogen) atoms. The van der Waals surface area contributed by atoms with Crippen LogP contribution >= 0.6 is 0 Å². The molecule has 2 N–H and O–H groups in total. The minimum Gasteiger partial charge on any atom is -0.508 e. The summed E-state index contributed by atoms with van der Waals surface area (Å²) >= 11 is 0. The predicted molar refractivity (Wildman–Crippen MR) is 83.2 cm³/mol. The lowest BCUT2D eigenvalue weighted by molar-refractivity contribution is -0.116. The molecule has 0 radical (unpaired) electrons. The lowest BCUT2D eigenvalue weighted by atomic mass is 9.87. The molecule has 0 saturated heterocycles. The van der Waals surface area contributed by atoms with Gasteiger partial charge in [0, 0.05) is 17.9 Å². The number of fused-ring (bicyclic) bond motifs is 1. The molecule has 1 aliphatic heterocycles. The van der Waals surface area contributed by atoms with Gasteiger partial charge in [-0.3, -0.25) is 4.79 Å². The highest BCUT2D eigenvalue weighted by molar-refractivity contribution is 5.94. The van der Waals surface area contributed by atoms with E-state index in [1.54, 1.807) is 35.3 Å². The number of nitrogens with one attached hydrogen (secondary N) is 1. The molecule has 0 unspecified atom stereocenters. The summed E-state index contributed by atoms with van der Waals surface area (Å²) in [5.74, 6) is 1.47. The number of rotatable bonds is 3. The predicted octanol–water partition coefficient (Wildman–Crippen LogP) is 2.70. The Morgan fingerprint density at radius 2 is 2.26 bits per heavy atom. The van der Waals surface area contributed by atoms with E-state index in [-0.39, 0.29) is 17.6 Å². The zero-order valence-electron chi connectivity index (χ0n) is 12.3. The summed E-state index contributed by atoms with van der Waals surface area (Å²) < 4.78 is 7.07. The number of benzene rings is 1. The van der Waals surface area contributed by atoms with Crippen molar-refractivity contribution in [1.82, 2.24) is 9.78 Å². The highest BCUT2D eigenvalue weighted by Crippen LogP contribution is 2.37. The van der Waals surface area contributed by atoms with Gasteiger partial charge in [0.15, 0.2) is 0 Å². The Labute approximate surface area is 132 Å². The first-order valence-electron chi connectivity index (χ1n) is 7.37. The Bertz CT molecular complexity index is 852. The van der Waals surface area contributed by atoms with Gasteiger partial charge in [0.25, 0.3) is 0 Å². The number of anilines is 1. The van der Waals surface area contributed by atoms with E-state index in [0.29, 0.717) is 18.8 Å². The second kappa shape index (κ2) is 5.31. The van der Waals surface area contributed by atoms with Gasteiger partial charge in [-0.2, -0.15) is 5.10 Å². The maximum atomic E-state index is 12.1. The number of carbonyl (C=O) groups is 1. The SMILES string of the molecule is O=C1C[C@H](c2cccc(O)c2)c2cnn(Cc3ccco3)c2N1. The van der Waals surface area contributed by atoms with Crippen LogP contribution in [-0.4, -0.2) is 20.8 Å². The van der Waals surface area contributed by atoms with E-state index in [1.165, 1.54) is 0 Å². The highest BCUT2D eigenvalue weighted by Gasteiger charge is 2.30. The summed E-state index contributed by atoms with van der Waals surface area (Å²) in [4.78, 5) is 12.1. The normalized spacial score (nSPS) is 16.9. The number of nitrogens with zero attached hydrogens (tertiary/aromatic N) is 2. The average molecular weight is 309 g/mol. The van der Waals surface area contributed by atoms with Gasteiger partial charge in [-0.05, 0) is 29.8 Å². The third-order valence-electron chi connectivity index (χ3n) is 4.05. The molecule has 0 fully saturated rings. The van der Waals surface area contributed by atoms with Crippen LogP contribution in [0.5, 0.6) is 5.75 Å². The van der Waals surface area contributed by atoms with E-state index in [2.05, 4.69) is 10.4 Å². The smallest absolute Gasteiger partial charge is 0.226 e. The van der Waals surface area contributed by atoms with Crippen molar-refractivity contribution in [3.05, 3.63) is 65.7 Å². The molecule has 116 valence electrons. The van der Waals surface area contributed by atoms with Crippen molar-refractivity contribution in [2.24, 2.45) is 0 Å². The standard InChI is InChI=1S/C17H15N3O3/c21-12-4-1-3-11(7-12)14-8-16(22)19-17-15(14)9-18-20(17)10-13-5-2-6-23-13/h1-7,9,14,21H,8,10H2,(H,19,22)/t14-/m1/s1. The van der Waals surface area contributed by atoms with Crippen molar-refractivity contribution in [3.8, 4) is 5.75 Å². The summed E-state index contributed by atoms with van der Waals surface area (Å²) in [7, 11) is 0. The summed E-state index contributed by atoms with van der Waals surface area (Å²) in [6.45, 7) is 0.454. The first kappa shape index (κ1) is 13.6. The van der Waals surface area contributed by atoms with Gasteiger partial charge >= 0.3 is 0 Å². The summed E-state index contributed by atoms with van der Waals surface area (Å²) in [6.07, 6.45) is 3.72. The van der Waals surface area contributed by atoms with Gasteiger partial charge < -0.3 is 14.8 Å².